The Morgan fingerprint density at radius 2 is 2.19 bits per heavy atom. The molecular formula is C10H15ClN4O. The van der Waals surface area contributed by atoms with E-state index in [2.05, 4.69) is 27.2 Å². The highest BCUT2D eigenvalue weighted by atomic mass is 35.5. The van der Waals surface area contributed by atoms with Crippen LogP contribution < -0.4 is 10.1 Å². The smallest absolute Gasteiger partial charge is 0.322 e. The maximum absolute atomic E-state index is 5.74. The van der Waals surface area contributed by atoms with Crippen LogP contribution in [0, 0.1) is 11.8 Å². The summed E-state index contributed by atoms with van der Waals surface area (Å²) in [5.74, 6) is 1.97. The molecule has 1 aromatic heterocycles. The lowest BCUT2D eigenvalue weighted by Gasteiger charge is -2.11. The van der Waals surface area contributed by atoms with Gasteiger partial charge in [-0.1, -0.05) is 6.92 Å². The number of aromatic nitrogens is 3. The average Bonchev–Trinajstić information content (AvgIpc) is 3.08. The zero-order valence-electron chi connectivity index (χ0n) is 9.40. The van der Waals surface area contributed by atoms with Crippen LogP contribution in [0.2, 0.25) is 5.28 Å². The van der Waals surface area contributed by atoms with Crippen LogP contribution in [0.1, 0.15) is 19.8 Å². The van der Waals surface area contributed by atoms with Crippen molar-refractivity contribution in [1.82, 2.24) is 15.0 Å². The van der Waals surface area contributed by atoms with Crippen molar-refractivity contribution in [3.63, 3.8) is 0 Å². The normalized spacial score (nSPS) is 16.9. The zero-order valence-corrected chi connectivity index (χ0v) is 10.2. The van der Waals surface area contributed by atoms with Gasteiger partial charge < -0.3 is 10.1 Å². The van der Waals surface area contributed by atoms with Crippen molar-refractivity contribution < 1.29 is 4.74 Å². The topological polar surface area (TPSA) is 59.9 Å². The first kappa shape index (κ1) is 11.4. The number of nitrogens with zero attached hydrogens (tertiary/aromatic N) is 3. The summed E-state index contributed by atoms with van der Waals surface area (Å²) >= 11 is 5.74. The highest BCUT2D eigenvalue weighted by Crippen LogP contribution is 2.36. The van der Waals surface area contributed by atoms with E-state index >= 15 is 0 Å². The summed E-state index contributed by atoms with van der Waals surface area (Å²) in [4.78, 5) is 11.9. The molecule has 1 aliphatic rings. The van der Waals surface area contributed by atoms with Crippen LogP contribution >= 0.6 is 11.6 Å². The van der Waals surface area contributed by atoms with Gasteiger partial charge in [-0.15, -0.1) is 0 Å². The maximum Gasteiger partial charge on any atom is 0.322 e. The Hall–Kier alpha value is -1.10. The minimum absolute atomic E-state index is 0.147. The molecule has 6 heteroatoms. The van der Waals surface area contributed by atoms with Crippen LogP contribution in [0.25, 0.3) is 0 Å². The van der Waals surface area contributed by atoms with Gasteiger partial charge in [0.15, 0.2) is 0 Å². The van der Waals surface area contributed by atoms with Crippen LogP contribution in [0.4, 0.5) is 5.95 Å². The predicted molar refractivity (Wildman–Crippen MR) is 61.8 cm³/mol. The lowest BCUT2D eigenvalue weighted by atomic mass is 10.1. The third-order valence-electron chi connectivity index (χ3n) is 2.78. The molecule has 1 saturated carbocycles. The lowest BCUT2D eigenvalue weighted by molar-refractivity contribution is 0.378. The molecule has 1 N–H and O–H groups in total. The fourth-order valence-corrected chi connectivity index (χ4v) is 1.74. The third-order valence-corrected chi connectivity index (χ3v) is 2.95. The molecule has 16 heavy (non-hydrogen) atoms. The third kappa shape index (κ3) is 2.95. The molecule has 0 aromatic carbocycles. The maximum atomic E-state index is 5.74. The number of ether oxygens (including phenoxy) is 1. The van der Waals surface area contributed by atoms with E-state index in [1.54, 1.807) is 0 Å². The van der Waals surface area contributed by atoms with Crippen molar-refractivity contribution >= 4 is 17.5 Å². The van der Waals surface area contributed by atoms with E-state index in [0.717, 1.165) is 12.5 Å². The van der Waals surface area contributed by atoms with E-state index < -0.39 is 0 Å². The van der Waals surface area contributed by atoms with Gasteiger partial charge in [-0.3, -0.25) is 0 Å². The van der Waals surface area contributed by atoms with E-state index in [4.69, 9.17) is 16.3 Å². The zero-order chi connectivity index (χ0) is 11.5. The monoisotopic (exact) mass is 242 g/mol. The van der Waals surface area contributed by atoms with Crippen LogP contribution in [0.15, 0.2) is 0 Å². The van der Waals surface area contributed by atoms with Crippen molar-refractivity contribution in [1.29, 1.82) is 0 Å². The van der Waals surface area contributed by atoms with Crippen molar-refractivity contribution in [3.05, 3.63) is 5.28 Å². The molecule has 88 valence electrons. The molecule has 0 saturated heterocycles. The van der Waals surface area contributed by atoms with Gasteiger partial charge in [-0.05, 0) is 36.3 Å². The second kappa shape index (κ2) is 4.82. The van der Waals surface area contributed by atoms with Gasteiger partial charge in [0.25, 0.3) is 0 Å². The molecule has 0 aliphatic heterocycles. The van der Waals surface area contributed by atoms with E-state index in [-0.39, 0.29) is 11.3 Å². The summed E-state index contributed by atoms with van der Waals surface area (Å²) in [6.45, 7) is 3.08. The Balaban J connectivity index is 1.94. The minimum atomic E-state index is 0.147. The summed E-state index contributed by atoms with van der Waals surface area (Å²) in [6, 6.07) is 0.238. The van der Waals surface area contributed by atoms with Crippen LogP contribution in [-0.2, 0) is 0 Å². The van der Waals surface area contributed by atoms with Gasteiger partial charge in [0.2, 0.25) is 11.2 Å². The Bertz CT molecular complexity index is 370. The second-order valence-electron chi connectivity index (χ2n) is 4.11. The molecule has 1 heterocycles. The molecule has 1 aromatic rings. The second-order valence-corrected chi connectivity index (χ2v) is 4.45. The molecule has 2 rings (SSSR count). The molecule has 5 nitrogen and oxygen atoms in total. The van der Waals surface area contributed by atoms with E-state index in [0.29, 0.717) is 11.9 Å². The van der Waals surface area contributed by atoms with Gasteiger partial charge in [0.05, 0.1) is 7.11 Å². The number of hydrogen-bond donors (Lipinski definition) is 1. The van der Waals surface area contributed by atoms with E-state index in [9.17, 15) is 0 Å². The van der Waals surface area contributed by atoms with Crippen molar-refractivity contribution in [2.45, 2.75) is 19.8 Å². The molecule has 1 unspecified atom stereocenters. The Kier molecular flexibility index (Phi) is 3.43. The SMILES string of the molecule is COc1nc(Cl)nc(NCC(C)C2CC2)n1. The first-order valence-corrected chi connectivity index (χ1v) is 5.76. The summed E-state index contributed by atoms with van der Waals surface area (Å²) in [5.41, 5.74) is 0. The summed E-state index contributed by atoms with van der Waals surface area (Å²) in [6.07, 6.45) is 2.67. The number of rotatable bonds is 5. The van der Waals surface area contributed by atoms with Crippen LogP contribution in [0.3, 0.4) is 0 Å². The van der Waals surface area contributed by atoms with Crippen molar-refractivity contribution in [2.24, 2.45) is 11.8 Å². The molecule has 0 bridgehead atoms. The molecule has 1 aliphatic carbocycles. The van der Waals surface area contributed by atoms with Crippen molar-refractivity contribution in [2.75, 3.05) is 19.0 Å². The van der Waals surface area contributed by atoms with Gasteiger partial charge in [-0.25, -0.2) is 0 Å². The standard InChI is InChI=1S/C10H15ClN4O/c1-6(7-3-4-7)5-12-9-13-8(11)14-10(15-9)16-2/h6-7H,3-5H2,1-2H3,(H,12,13,14,15). The number of anilines is 1. The Morgan fingerprint density at radius 1 is 1.44 bits per heavy atom. The van der Waals surface area contributed by atoms with Gasteiger partial charge >= 0.3 is 6.01 Å². The van der Waals surface area contributed by atoms with Gasteiger partial charge in [0, 0.05) is 6.54 Å². The fourth-order valence-electron chi connectivity index (χ4n) is 1.59. The highest BCUT2D eigenvalue weighted by Gasteiger charge is 2.27. The Labute approximate surface area is 99.6 Å². The minimum Gasteiger partial charge on any atom is -0.467 e. The van der Waals surface area contributed by atoms with Gasteiger partial charge in [-0.2, -0.15) is 15.0 Å². The summed E-state index contributed by atoms with van der Waals surface area (Å²) in [5, 5.41) is 3.30. The first-order chi connectivity index (χ1) is 7.69. The first-order valence-electron chi connectivity index (χ1n) is 5.38. The largest absolute Gasteiger partial charge is 0.467 e. The lowest BCUT2D eigenvalue weighted by Crippen LogP contribution is -2.15. The highest BCUT2D eigenvalue weighted by molar-refractivity contribution is 6.28. The molecule has 0 spiro atoms. The van der Waals surface area contributed by atoms with Crippen LogP contribution in [-0.4, -0.2) is 28.6 Å². The molecule has 1 atom stereocenters. The fraction of sp³-hybridized carbons (Fsp3) is 0.700. The molecule has 1 fully saturated rings. The summed E-state index contributed by atoms with van der Waals surface area (Å²) in [7, 11) is 1.50. The van der Waals surface area contributed by atoms with Crippen molar-refractivity contribution in [3.8, 4) is 6.01 Å². The number of hydrogen-bond acceptors (Lipinski definition) is 5. The number of methoxy groups -OCH3 is 1. The molecule has 0 radical (unpaired) electrons. The molecule has 0 amide bonds. The Morgan fingerprint density at radius 3 is 2.81 bits per heavy atom. The quantitative estimate of drug-likeness (QED) is 0.856. The van der Waals surface area contributed by atoms with Crippen LogP contribution in [0.5, 0.6) is 6.01 Å². The number of halogens is 1. The number of nitrogens with one attached hydrogen (secondary N) is 1. The van der Waals surface area contributed by atoms with E-state index in [1.165, 1.54) is 20.0 Å². The van der Waals surface area contributed by atoms with Gasteiger partial charge in [0.1, 0.15) is 0 Å². The van der Waals surface area contributed by atoms with E-state index in [1.807, 2.05) is 0 Å². The predicted octanol–water partition coefficient (Wildman–Crippen LogP) is 1.99. The summed E-state index contributed by atoms with van der Waals surface area (Å²) < 4.78 is 4.92. The average molecular weight is 243 g/mol. The molecular weight excluding hydrogens is 228 g/mol.